The van der Waals surface area contributed by atoms with Crippen LogP contribution in [0, 0.1) is 13.8 Å². The lowest BCUT2D eigenvalue weighted by Crippen LogP contribution is -2.45. The van der Waals surface area contributed by atoms with Crippen LogP contribution >= 0.6 is 23.2 Å². The number of hydrogen-bond acceptors (Lipinski definition) is 4. The van der Waals surface area contributed by atoms with Crippen LogP contribution in [0.25, 0.3) is 0 Å². The third-order valence-electron chi connectivity index (χ3n) is 3.71. The second-order valence-electron chi connectivity index (χ2n) is 5.51. The fourth-order valence-corrected chi connectivity index (χ4v) is 3.21. The van der Waals surface area contributed by atoms with Crippen molar-refractivity contribution in [2.45, 2.75) is 26.5 Å². The molecule has 1 atom stereocenters. The maximum atomic E-state index is 6.25. The second kappa shape index (κ2) is 6.44. The highest BCUT2D eigenvalue weighted by molar-refractivity contribution is 6.36. The number of rotatable bonds is 3. The van der Waals surface area contributed by atoms with Crippen LogP contribution in [0.15, 0.2) is 18.3 Å². The van der Waals surface area contributed by atoms with E-state index in [1.165, 1.54) is 0 Å². The number of anilines is 1. The molecule has 1 saturated heterocycles. The Balaban J connectivity index is 1.72. The van der Waals surface area contributed by atoms with Gasteiger partial charge >= 0.3 is 0 Å². The Labute approximate surface area is 139 Å². The van der Waals surface area contributed by atoms with Crippen molar-refractivity contribution in [3.63, 3.8) is 0 Å². The number of nitrogens with zero attached hydrogens (tertiary/aromatic N) is 4. The van der Waals surface area contributed by atoms with Gasteiger partial charge < -0.3 is 9.64 Å². The van der Waals surface area contributed by atoms with Crippen LogP contribution in [-0.4, -0.2) is 40.6 Å². The maximum Gasteiger partial charge on any atom is 0.147 e. The molecule has 0 bridgehead atoms. The van der Waals surface area contributed by atoms with Gasteiger partial charge in [0.25, 0.3) is 0 Å². The molecule has 22 heavy (non-hydrogen) atoms. The van der Waals surface area contributed by atoms with Crippen LogP contribution in [0.4, 0.5) is 5.82 Å². The van der Waals surface area contributed by atoms with E-state index in [-0.39, 0.29) is 6.10 Å². The van der Waals surface area contributed by atoms with Gasteiger partial charge in [-0.2, -0.15) is 5.10 Å². The highest BCUT2D eigenvalue weighted by atomic mass is 35.5. The van der Waals surface area contributed by atoms with Crippen LogP contribution in [-0.2, 0) is 11.3 Å². The highest BCUT2D eigenvalue weighted by Gasteiger charge is 2.24. The van der Waals surface area contributed by atoms with Gasteiger partial charge in [-0.1, -0.05) is 23.2 Å². The number of ether oxygens (including phenoxy) is 1. The molecule has 1 aliphatic rings. The molecule has 7 heteroatoms. The van der Waals surface area contributed by atoms with Gasteiger partial charge in [0, 0.05) is 25.0 Å². The van der Waals surface area contributed by atoms with Crippen molar-refractivity contribution in [3.8, 4) is 0 Å². The average Bonchev–Trinajstić information content (AvgIpc) is 2.77. The number of hydrogen-bond donors (Lipinski definition) is 0. The van der Waals surface area contributed by atoms with Crippen LogP contribution in [0.5, 0.6) is 0 Å². The van der Waals surface area contributed by atoms with Crippen LogP contribution in [0.3, 0.4) is 0 Å². The molecule has 3 heterocycles. The lowest BCUT2D eigenvalue weighted by atomic mass is 10.2. The topological polar surface area (TPSA) is 43.2 Å². The minimum atomic E-state index is 0.0558. The molecule has 1 fully saturated rings. The molecule has 0 N–H and O–H groups in total. The lowest BCUT2D eigenvalue weighted by molar-refractivity contribution is 0.0268. The van der Waals surface area contributed by atoms with E-state index in [0.29, 0.717) is 16.7 Å². The van der Waals surface area contributed by atoms with Gasteiger partial charge in [-0.3, -0.25) is 4.68 Å². The smallest absolute Gasteiger partial charge is 0.147 e. The molecule has 1 aliphatic heterocycles. The quantitative estimate of drug-likeness (QED) is 0.860. The minimum Gasteiger partial charge on any atom is -0.373 e. The summed E-state index contributed by atoms with van der Waals surface area (Å²) in [6.45, 7) is 6.91. The van der Waals surface area contributed by atoms with E-state index >= 15 is 0 Å². The van der Waals surface area contributed by atoms with Gasteiger partial charge in [0.05, 0.1) is 35.0 Å². The zero-order valence-electron chi connectivity index (χ0n) is 12.6. The Morgan fingerprint density at radius 2 is 2.14 bits per heavy atom. The van der Waals surface area contributed by atoms with Crippen molar-refractivity contribution in [2.24, 2.45) is 0 Å². The first-order valence-corrected chi connectivity index (χ1v) is 7.97. The highest BCUT2D eigenvalue weighted by Crippen LogP contribution is 2.27. The zero-order chi connectivity index (χ0) is 15.7. The number of halogens is 2. The Morgan fingerprint density at radius 3 is 2.82 bits per heavy atom. The predicted molar refractivity (Wildman–Crippen MR) is 87.9 cm³/mol. The summed E-state index contributed by atoms with van der Waals surface area (Å²) in [6.07, 6.45) is 1.68. The lowest BCUT2D eigenvalue weighted by Gasteiger charge is -2.34. The summed E-state index contributed by atoms with van der Waals surface area (Å²) < 4.78 is 7.85. The largest absolute Gasteiger partial charge is 0.373 e. The van der Waals surface area contributed by atoms with E-state index in [9.17, 15) is 0 Å². The molecule has 2 aromatic rings. The summed E-state index contributed by atoms with van der Waals surface area (Å²) >= 11 is 12.2. The normalized spacial score (nSPS) is 18.7. The third-order valence-corrected chi connectivity index (χ3v) is 4.19. The summed E-state index contributed by atoms with van der Waals surface area (Å²) in [7, 11) is 0. The number of morpholine rings is 1. The molecule has 0 saturated carbocycles. The van der Waals surface area contributed by atoms with Gasteiger partial charge in [0.2, 0.25) is 0 Å². The van der Waals surface area contributed by atoms with Crippen LogP contribution in [0.2, 0.25) is 10.0 Å². The molecular weight excluding hydrogens is 323 g/mol. The Bertz CT molecular complexity index is 674. The Hall–Kier alpha value is -1.30. The van der Waals surface area contributed by atoms with E-state index in [4.69, 9.17) is 27.9 Å². The minimum absolute atomic E-state index is 0.0558. The molecule has 3 rings (SSSR count). The number of aryl methyl sites for hydroxylation is 2. The summed E-state index contributed by atoms with van der Waals surface area (Å²) in [5.41, 5.74) is 2.16. The van der Waals surface area contributed by atoms with Crippen LogP contribution < -0.4 is 4.90 Å². The van der Waals surface area contributed by atoms with E-state index in [0.717, 1.165) is 36.8 Å². The van der Waals surface area contributed by atoms with Crippen LogP contribution in [0.1, 0.15) is 11.4 Å². The fraction of sp³-hybridized carbons (Fsp3) is 0.467. The molecule has 1 unspecified atom stereocenters. The summed E-state index contributed by atoms with van der Waals surface area (Å²) in [5.74, 6) is 0.757. The van der Waals surface area contributed by atoms with E-state index in [1.807, 2.05) is 11.6 Å². The monoisotopic (exact) mass is 340 g/mol. The van der Waals surface area contributed by atoms with Gasteiger partial charge in [-0.15, -0.1) is 0 Å². The molecule has 0 radical (unpaired) electrons. The van der Waals surface area contributed by atoms with Crippen molar-refractivity contribution in [3.05, 3.63) is 39.8 Å². The Morgan fingerprint density at radius 1 is 1.32 bits per heavy atom. The first-order valence-electron chi connectivity index (χ1n) is 7.21. The molecule has 0 aromatic carbocycles. The van der Waals surface area contributed by atoms with E-state index in [2.05, 4.69) is 28.0 Å². The summed E-state index contributed by atoms with van der Waals surface area (Å²) in [6, 6.07) is 3.79. The molecule has 0 aliphatic carbocycles. The van der Waals surface area contributed by atoms with Crippen molar-refractivity contribution in [1.82, 2.24) is 14.8 Å². The van der Waals surface area contributed by atoms with E-state index < -0.39 is 0 Å². The molecule has 0 amide bonds. The molecular formula is C15H18Cl2N4O. The number of pyridine rings is 1. The average molecular weight is 341 g/mol. The molecule has 5 nitrogen and oxygen atoms in total. The third kappa shape index (κ3) is 3.37. The van der Waals surface area contributed by atoms with Gasteiger partial charge in [0.15, 0.2) is 0 Å². The van der Waals surface area contributed by atoms with Crippen molar-refractivity contribution in [1.29, 1.82) is 0 Å². The molecule has 0 spiro atoms. The first kappa shape index (κ1) is 15.6. The summed E-state index contributed by atoms with van der Waals surface area (Å²) in [4.78, 5) is 6.49. The van der Waals surface area contributed by atoms with Gasteiger partial charge in [-0.05, 0) is 26.0 Å². The predicted octanol–water partition coefficient (Wildman–Crippen LogP) is 3.11. The molecule has 118 valence electrons. The second-order valence-corrected chi connectivity index (χ2v) is 6.35. The van der Waals surface area contributed by atoms with Crippen molar-refractivity contribution < 1.29 is 4.74 Å². The SMILES string of the molecule is Cc1cc(C)n(CC2CN(c3ncc(Cl)cc3Cl)CCO2)n1. The molecule has 2 aromatic heterocycles. The zero-order valence-corrected chi connectivity index (χ0v) is 14.1. The van der Waals surface area contributed by atoms with Gasteiger partial charge in [0.1, 0.15) is 5.82 Å². The fourth-order valence-electron chi connectivity index (χ4n) is 2.71. The van der Waals surface area contributed by atoms with Crippen molar-refractivity contribution in [2.75, 3.05) is 24.6 Å². The number of aromatic nitrogens is 3. The van der Waals surface area contributed by atoms with Gasteiger partial charge in [-0.25, -0.2) is 4.98 Å². The standard InChI is InChI=1S/C15H18Cl2N4O/c1-10-5-11(2)21(19-10)9-13-8-20(3-4-22-13)15-14(17)6-12(16)7-18-15/h5-7,13H,3-4,8-9H2,1-2H3. The summed E-state index contributed by atoms with van der Waals surface area (Å²) in [5, 5.41) is 5.60. The Kier molecular flexibility index (Phi) is 4.57. The van der Waals surface area contributed by atoms with E-state index in [1.54, 1.807) is 12.3 Å². The first-order chi connectivity index (χ1) is 10.5. The maximum absolute atomic E-state index is 6.25. The van der Waals surface area contributed by atoms with Crippen molar-refractivity contribution >= 4 is 29.0 Å².